The molecule has 4 rings (SSSR count). The minimum atomic E-state index is -0.813. The number of pyridine rings is 1. The lowest BCUT2D eigenvalue weighted by Crippen LogP contribution is -3.00. The third-order valence-corrected chi connectivity index (χ3v) is 6.58. The van der Waals surface area contributed by atoms with Gasteiger partial charge in [0.15, 0.2) is 12.7 Å². The number of benzene rings is 2. The van der Waals surface area contributed by atoms with Crippen molar-refractivity contribution in [3.8, 4) is 0 Å². The van der Waals surface area contributed by atoms with Gasteiger partial charge in [-0.05, 0) is 42.7 Å². The summed E-state index contributed by atoms with van der Waals surface area (Å²) in [5, 5.41) is 20.2. The first kappa shape index (κ1) is 24.8. The van der Waals surface area contributed by atoms with E-state index in [4.69, 9.17) is 10.2 Å². The Kier molecular flexibility index (Phi) is 8.52. The topological polar surface area (TPSA) is 81.7 Å². The van der Waals surface area contributed by atoms with Crippen molar-refractivity contribution in [3.05, 3.63) is 71.4 Å². The molecule has 3 aromatic rings. The van der Waals surface area contributed by atoms with Crippen LogP contribution in [0.2, 0.25) is 0 Å². The number of aryl methyl sites for hydroxylation is 1. The molecule has 0 saturated heterocycles. The van der Waals surface area contributed by atoms with Crippen molar-refractivity contribution in [1.82, 2.24) is 0 Å². The molecule has 0 saturated carbocycles. The third-order valence-electron chi connectivity index (χ3n) is 5.46. The van der Waals surface area contributed by atoms with Gasteiger partial charge in [0.2, 0.25) is 5.52 Å². The third kappa shape index (κ3) is 5.94. The van der Waals surface area contributed by atoms with Crippen LogP contribution in [0, 0.1) is 0 Å². The van der Waals surface area contributed by atoms with Crippen LogP contribution >= 0.6 is 11.8 Å². The molecule has 6 nitrogen and oxygen atoms in total. The van der Waals surface area contributed by atoms with E-state index in [1.165, 1.54) is 4.90 Å². The van der Waals surface area contributed by atoms with Gasteiger partial charge in [0.05, 0.1) is 16.1 Å². The maximum absolute atomic E-state index is 11.0. The van der Waals surface area contributed by atoms with E-state index < -0.39 is 11.9 Å². The summed E-state index contributed by atoms with van der Waals surface area (Å²) in [6, 6.07) is 18.3. The average molecular weight is 529 g/mol. The standard InChI is InChI=1S/C25H24N2O4S.BrH/c28-24(29)11-5-6-14-27-21-9-3-4-10-22(21)32-23(27)17-18-12-15-26(16-13-25(30)31)20-8-2-1-7-19(18)20;/h1-4,7-10,12,15,17H,5-6,11,13-14,16H2,(H-,28,29,30,31);1H. The molecule has 0 spiro atoms. The van der Waals surface area contributed by atoms with Gasteiger partial charge in [-0.2, -0.15) is 4.57 Å². The number of carboxylic acid groups (broad SMARTS) is 2. The number of hydrogen-bond donors (Lipinski definition) is 2. The summed E-state index contributed by atoms with van der Waals surface area (Å²) >= 11 is 1.72. The van der Waals surface area contributed by atoms with E-state index in [1.807, 2.05) is 47.2 Å². The number of rotatable bonds is 9. The zero-order chi connectivity index (χ0) is 22.5. The average Bonchev–Trinajstić information content (AvgIpc) is 3.13. The smallest absolute Gasteiger partial charge is 0.309 e. The van der Waals surface area contributed by atoms with Crippen LogP contribution in [0.25, 0.3) is 17.0 Å². The molecule has 1 aromatic heterocycles. The van der Waals surface area contributed by atoms with Crippen molar-refractivity contribution >= 4 is 46.4 Å². The van der Waals surface area contributed by atoms with Crippen molar-refractivity contribution in [2.24, 2.45) is 0 Å². The largest absolute Gasteiger partial charge is 1.00 e. The quantitative estimate of drug-likeness (QED) is 0.325. The lowest BCUT2D eigenvalue weighted by atomic mass is 10.1. The first-order valence-corrected chi connectivity index (χ1v) is 11.5. The molecule has 0 fully saturated rings. The fourth-order valence-electron chi connectivity index (χ4n) is 3.92. The summed E-state index contributed by atoms with van der Waals surface area (Å²) in [6.45, 7) is 1.18. The highest BCUT2D eigenvalue weighted by atomic mass is 79.9. The van der Waals surface area contributed by atoms with E-state index in [2.05, 4.69) is 29.2 Å². The van der Waals surface area contributed by atoms with Gasteiger partial charge in [-0.15, -0.1) is 0 Å². The normalized spacial score (nSPS) is 13.7. The maximum atomic E-state index is 11.0. The summed E-state index contributed by atoms with van der Waals surface area (Å²) in [6.07, 6.45) is 5.81. The van der Waals surface area contributed by atoms with Gasteiger partial charge in [-0.1, -0.05) is 36.0 Å². The van der Waals surface area contributed by atoms with Crippen LogP contribution in [-0.4, -0.2) is 28.7 Å². The highest BCUT2D eigenvalue weighted by molar-refractivity contribution is 8.03. The van der Waals surface area contributed by atoms with Crippen LogP contribution in [0.15, 0.2) is 70.7 Å². The molecule has 1 aliphatic rings. The number of hydrogen-bond acceptors (Lipinski definition) is 4. The number of nitrogens with zero attached hydrogens (tertiary/aromatic N) is 2. The minimum absolute atomic E-state index is 0. The first-order chi connectivity index (χ1) is 15.5. The van der Waals surface area contributed by atoms with Crippen LogP contribution < -0.4 is 26.4 Å². The van der Waals surface area contributed by atoms with E-state index in [-0.39, 0.29) is 29.8 Å². The Morgan fingerprint density at radius 3 is 2.45 bits per heavy atom. The van der Waals surface area contributed by atoms with Crippen LogP contribution in [0.5, 0.6) is 0 Å². The number of carbonyl (C=O) groups is 2. The molecule has 0 aliphatic carbocycles. The molecule has 2 heterocycles. The van der Waals surface area contributed by atoms with Crippen molar-refractivity contribution < 1.29 is 41.4 Å². The lowest BCUT2D eigenvalue weighted by Gasteiger charge is -2.20. The number of thioether (sulfide) groups is 1. The molecule has 0 unspecified atom stereocenters. The van der Waals surface area contributed by atoms with Crippen LogP contribution in [0.1, 0.15) is 31.2 Å². The number of aliphatic carboxylic acids is 2. The zero-order valence-electron chi connectivity index (χ0n) is 18.0. The SMILES string of the molecule is O=C(O)CCCCN1C(=Cc2cc[n+](CCC(=O)O)c3ccccc23)Sc2ccccc21.[Br-]. The number of para-hydroxylation sites is 2. The Morgan fingerprint density at radius 2 is 1.67 bits per heavy atom. The number of unbranched alkanes of at least 4 members (excludes halogenated alkanes) is 1. The summed E-state index contributed by atoms with van der Waals surface area (Å²) in [4.78, 5) is 25.4. The number of anilines is 1. The van der Waals surface area contributed by atoms with Gasteiger partial charge in [0, 0.05) is 30.0 Å². The first-order valence-electron chi connectivity index (χ1n) is 10.6. The number of carboxylic acids is 2. The summed E-state index contributed by atoms with van der Waals surface area (Å²) in [7, 11) is 0. The molecule has 2 aromatic carbocycles. The lowest BCUT2D eigenvalue weighted by molar-refractivity contribution is -0.670. The molecule has 0 bridgehead atoms. The van der Waals surface area contributed by atoms with Crippen LogP contribution in [0.3, 0.4) is 0 Å². The van der Waals surface area contributed by atoms with Gasteiger partial charge in [0.1, 0.15) is 6.42 Å². The molecule has 172 valence electrons. The Labute approximate surface area is 207 Å². The Hall–Kier alpha value is -2.84. The molecular formula is C25H25BrN2O4S. The second-order valence-electron chi connectivity index (χ2n) is 7.68. The summed E-state index contributed by atoms with van der Waals surface area (Å²) in [5.74, 6) is -1.57. The molecule has 33 heavy (non-hydrogen) atoms. The number of aromatic nitrogens is 1. The Morgan fingerprint density at radius 1 is 0.939 bits per heavy atom. The van der Waals surface area contributed by atoms with Gasteiger partial charge in [0.25, 0.3) is 0 Å². The monoisotopic (exact) mass is 528 g/mol. The second kappa shape index (κ2) is 11.3. The predicted molar refractivity (Wildman–Crippen MR) is 126 cm³/mol. The van der Waals surface area contributed by atoms with Crippen molar-refractivity contribution in [2.45, 2.75) is 37.1 Å². The van der Waals surface area contributed by atoms with Crippen LogP contribution in [-0.2, 0) is 16.1 Å². The van der Waals surface area contributed by atoms with E-state index in [1.54, 1.807) is 11.8 Å². The van der Waals surface area contributed by atoms with Crippen molar-refractivity contribution in [2.75, 3.05) is 11.4 Å². The second-order valence-corrected chi connectivity index (χ2v) is 8.74. The summed E-state index contributed by atoms with van der Waals surface area (Å²) in [5.41, 5.74) is 3.21. The van der Waals surface area contributed by atoms with Crippen LogP contribution in [0.4, 0.5) is 5.69 Å². The highest BCUT2D eigenvalue weighted by Crippen LogP contribution is 2.46. The zero-order valence-corrected chi connectivity index (χ0v) is 20.4. The van der Waals surface area contributed by atoms with E-state index in [9.17, 15) is 9.59 Å². The van der Waals surface area contributed by atoms with E-state index in [0.29, 0.717) is 13.0 Å². The molecule has 8 heteroatoms. The van der Waals surface area contributed by atoms with Crippen molar-refractivity contribution in [1.29, 1.82) is 0 Å². The predicted octanol–water partition coefficient (Wildman–Crippen LogP) is 1.77. The fourth-order valence-corrected chi connectivity index (χ4v) is 5.06. The van der Waals surface area contributed by atoms with Gasteiger partial charge >= 0.3 is 11.9 Å². The molecule has 0 radical (unpaired) electrons. The maximum Gasteiger partial charge on any atom is 0.309 e. The fraction of sp³-hybridized carbons (Fsp3) is 0.240. The van der Waals surface area contributed by atoms with Crippen molar-refractivity contribution in [3.63, 3.8) is 0 Å². The minimum Gasteiger partial charge on any atom is -1.00 e. The van der Waals surface area contributed by atoms with Gasteiger partial charge in [-0.25, -0.2) is 0 Å². The Balaban J connectivity index is 0.00000306. The molecule has 0 amide bonds. The molecule has 1 aliphatic heterocycles. The summed E-state index contributed by atoms with van der Waals surface area (Å²) < 4.78 is 1.98. The van der Waals surface area contributed by atoms with Gasteiger partial charge < -0.3 is 32.1 Å². The molecule has 2 N–H and O–H groups in total. The van der Waals surface area contributed by atoms with Gasteiger partial charge in [-0.3, -0.25) is 9.59 Å². The highest BCUT2D eigenvalue weighted by Gasteiger charge is 2.25. The molecular weight excluding hydrogens is 504 g/mol. The number of halogens is 1. The molecule has 0 atom stereocenters. The van der Waals surface area contributed by atoms with E-state index >= 15 is 0 Å². The van der Waals surface area contributed by atoms with E-state index in [0.717, 1.165) is 40.1 Å². The number of fused-ring (bicyclic) bond motifs is 2. The Bertz CT molecular complexity index is 1200.